The SMILES string of the molecule is CC(C)c1ccc(N(C)C(=O)c2cccc(-c3nn([C@@H]4CCCNC4)c4ncnc(N)c34)c2)cc1. The molecular weight excluding hydrogens is 438 g/mol. The van der Waals surface area contributed by atoms with Gasteiger partial charge in [-0.2, -0.15) is 5.10 Å². The van der Waals surface area contributed by atoms with Crippen LogP contribution in [-0.2, 0) is 0 Å². The Morgan fingerprint density at radius 3 is 2.69 bits per heavy atom. The van der Waals surface area contributed by atoms with E-state index in [2.05, 4.69) is 41.3 Å². The number of rotatable bonds is 5. The van der Waals surface area contributed by atoms with Gasteiger partial charge in [-0.05, 0) is 55.1 Å². The molecule has 0 radical (unpaired) electrons. The second-order valence-corrected chi connectivity index (χ2v) is 9.44. The highest BCUT2D eigenvalue weighted by Crippen LogP contribution is 2.33. The van der Waals surface area contributed by atoms with Gasteiger partial charge in [0.25, 0.3) is 5.91 Å². The van der Waals surface area contributed by atoms with Gasteiger partial charge in [-0.1, -0.05) is 38.1 Å². The van der Waals surface area contributed by atoms with Gasteiger partial charge in [-0.25, -0.2) is 14.6 Å². The van der Waals surface area contributed by atoms with Crippen LogP contribution in [0.3, 0.4) is 0 Å². The van der Waals surface area contributed by atoms with Crippen LogP contribution in [0.2, 0.25) is 0 Å². The Balaban J connectivity index is 1.51. The summed E-state index contributed by atoms with van der Waals surface area (Å²) in [6.07, 6.45) is 3.58. The van der Waals surface area contributed by atoms with Crippen LogP contribution < -0.4 is 16.0 Å². The van der Waals surface area contributed by atoms with Gasteiger partial charge < -0.3 is 16.0 Å². The highest BCUT2D eigenvalue weighted by Gasteiger charge is 2.24. The zero-order chi connectivity index (χ0) is 24.5. The molecule has 1 fully saturated rings. The Bertz CT molecular complexity index is 1350. The average molecular weight is 470 g/mol. The lowest BCUT2D eigenvalue weighted by Gasteiger charge is -2.23. The van der Waals surface area contributed by atoms with E-state index in [0.717, 1.165) is 48.2 Å². The molecule has 3 N–H and O–H groups in total. The quantitative estimate of drug-likeness (QED) is 0.449. The molecule has 2 aromatic carbocycles. The minimum Gasteiger partial charge on any atom is -0.383 e. The Morgan fingerprint density at radius 1 is 1.17 bits per heavy atom. The number of fused-ring (bicyclic) bond motifs is 1. The van der Waals surface area contributed by atoms with Gasteiger partial charge in [0.05, 0.1) is 11.4 Å². The zero-order valence-corrected chi connectivity index (χ0v) is 20.4. The number of hydrogen-bond acceptors (Lipinski definition) is 6. The fourth-order valence-electron chi connectivity index (χ4n) is 4.69. The van der Waals surface area contributed by atoms with Gasteiger partial charge in [-0.3, -0.25) is 4.79 Å². The predicted octanol–water partition coefficient (Wildman–Crippen LogP) is 4.40. The maximum absolute atomic E-state index is 13.4. The van der Waals surface area contributed by atoms with Crippen molar-refractivity contribution in [2.45, 2.75) is 38.6 Å². The molecule has 8 heteroatoms. The van der Waals surface area contributed by atoms with Crippen molar-refractivity contribution >= 4 is 28.4 Å². The van der Waals surface area contributed by atoms with Crippen molar-refractivity contribution in [3.05, 3.63) is 66.0 Å². The van der Waals surface area contributed by atoms with E-state index in [4.69, 9.17) is 10.8 Å². The number of carbonyl (C=O) groups is 1. The fraction of sp³-hybridized carbons (Fsp3) is 0.333. The Hall–Kier alpha value is -3.78. The van der Waals surface area contributed by atoms with Crippen molar-refractivity contribution in [1.29, 1.82) is 0 Å². The minimum atomic E-state index is -0.0893. The molecule has 0 aliphatic carbocycles. The molecule has 35 heavy (non-hydrogen) atoms. The van der Waals surface area contributed by atoms with E-state index in [1.54, 1.807) is 11.9 Å². The monoisotopic (exact) mass is 469 g/mol. The Kier molecular flexibility index (Phi) is 6.21. The number of nitrogens with one attached hydrogen (secondary N) is 1. The number of nitrogens with zero attached hydrogens (tertiary/aromatic N) is 5. The summed E-state index contributed by atoms with van der Waals surface area (Å²) in [5, 5.41) is 9.10. The van der Waals surface area contributed by atoms with Crippen molar-refractivity contribution in [3.63, 3.8) is 0 Å². The van der Waals surface area contributed by atoms with Crippen LogP contribution >= 0.6 is 0 Å². The van der Waals surface area contributed by atoms with Crippen molar-refractivity contribution in [1.82, 2.24) is 25.1 Å². The van der Waals surface area contributed by atoms with Gasteiger partial charge in [0.15, 0.2) is 5.65 Å². The summed E-state index contributed by atoms with van der Waals surface area (Å²) >= 11 is 0. The van der Waals surface area contributed by atoms with E-state index in [-0.39, 0.29) is 11.9 Å². The minimum absolute atomic E-state index is 0.0893. The van der Waals surface area contributed by atoms with E-state index in [9.17, 15) is 4.79 Å². The first-order chi connectivity index (χ1) is 16.9. The number of carbonyl (C=O) groups excluding carboxylic acids is 1. The molecule has 1 atom stereocenters. The average Bonchev–Trinajstić information content (AvgIpc) is 3.29. The van der Waals surface area contributed by atoms with Crippen LogP contribution in [0.5, 0.6) is 0 Å². The van der Waals surface area contributed by atoms with E-state index in [0.29, 0.717) is 23.0 Å². The molecule has 0 unspecified atom stereocenters. The molecule has 2 aromatic heterocycles. The maximum atomic E-state index is 13.4. The summed E-state index contributed by atoms with van der Waals surface area (Å²) in [5.41, 5.74) is 11.2. The van der Waals surface area contributed by atoms with Gasteiger partial charge in [0.1, 0.15) is 17.8 Å². The third-order valence-corrected chi connectivity index (χ3v) is 6.77. The van der Waals surface area contributed by atoms with Gasteiger partial charge in [-0.15, -0.1) is 0 Å². The highest BCUT2D eigenvalue weighted by molar-refractivity contribution is 6.07. The standard InChI is InChI=1S/C27H31N7O/c1-17(2)18-9-11-21(12-10-18)33(3)27(35)20-7-4-6-19(14-20)24-23-25(28)30-16-31-26(23)34(32-24)22-8-5-13-29-15-22/h4,6-7,9-12,14,16-17,22,29H,5,8,13,15H2,1-3H3,(H2,28,30,31)/t22-/m1/s1. The second-order valence-electron chi connectivity index (χ2n) is 9.44. The second kappa shape index (κ2) is 9.46. The molecule has 180 valence electrons. The number of benzene rings is 2. The van der Waals surface area contributed by atoms with Crippen molar-refractivity contribution in [2.75, 3.05) is 30.8 Å². The van der Waals surface area contributed by atoms with Gasteiger partial charge in [0, 0.05) is 30.4 Å². The van der Waals surface area contributed by atoms with Crippen molar-refractivity contribution in [2.24, 2.45) is 0 Å². The van der Waals surface area contributed by atoms with Crippen molar-refractivity contribution in [3.8, 4) is 11.3 Å². The number of nitrogen functional groups attached to an aromatic ring is 1. The first kappa shape index (κ1) is 23.0. The highest BCUT2D eigenvalue weighted by atomic mass is 16.2. The molecule has 5 rings (SSSR count). The number of piperidine rings is 1. The molecule has 1 amide bonds. The molecule has 8 nitrogen and oxygen atoms in total. The molecular formula is C27H31N7O. The molecule has 1 aliphatic rings. The van der Waals surface area contributed by atoms with E-state index < -0.39 is 0 Å². The summed E-state index contributed by atoms with van der Waals surface area (Å²) in [6.45, 7) is 6.16. The van der Waals surface area contributed by atoms with Crippen LogP contribution in [0.1, 0.15) is 54.6 Å². The first-order valence-corrected chi connectivity index (χ1v) is 12.1. The van der Waals surface area contributed by atoms with Crippen LogP contribution in [0, 0.1) is 0 Å². The van der Waals surface area contributed by atoms with E-state index in [1.807, 2.05) is 41.1 Å². The topological polar surface area (TPSA) is 102 Å². The van der Waals surface area contributed by atoms with Gasteiger partial charge in [0.2, 0.25) is 0 Å². The lowest BCUT2D eigenvalue weighted by atomic mass is 10.0. The maximum Gasteiger partial charge on any atom is 0.258 e. The summed E-state index contributed by atoms with van der Waals surface area (Å²) in [4.78, 5) is 23.8. The van der Waals surface area contributed by atoms with Crippen molar-refractivity contribution < 1.29 is 4.79 Å². The number of aromatic nitrogens is 4. The fourth-order valence-corrected chi connectivity index (χ4v) is 4.69. The molecule has 0 spiro atoms. The smallest absolute Gasteiger partial charge is 0.258 e. The number of nitrogens with two attached hydrogens (primary N) is 1. The van der Waals surface area contributed by atoms with Crippen LogP contribution in [0.4, 0.5) is 11.5 Å². The normalized spacial score (nSPS) is 16.1. The predicted molar refractivity (Wildman–Crippen MR) is 140 cm³/mol. The summed E-state index contributed by atoms with van der Waals surface area (Å²) in [7, 11) is 1.80. The Labute approximate surface area is 205 Å². The zero-order valence-electron chi connectivity index (χ0n) is 20.4. The van der Waals surface area contributed by atoms with Crippen LogP contribution in [-0.4, -0.2) is 45.8 Å². The molecule has 1 aliphatic heterocycles. The summed E-state index contributed by atoms with van der Waals surface area (Å²) in [5.74, 6) is 0.741. The summed E-state index contributed by atoms with van der Waals surface area (Å²) < 4.78 is 1.96. The largest absolute Gasteiger partial charge is 0.383 e. The molecule has 3 heterocycles. The van der Waals surface area contributed by atoms with Gasteiger partial charge >= 0.3 is 0 Å². The third kappa shape index (κ3) is 4.37. The number of amides is 1. The molecule has 0 bridgehead atoms. The number of hydrogen-bond donors (Lipinski definition) is 2. The lowest BCUT2D eigenvalue weighted by Crippen LogP contribution is -2.32. The Morgan fingerprint density at radius 2 is 1.97 bits per heavy atom. The van der Waals surface area contributed by atoms with Crippen LogP contribution in [0.25, 0.3) is 22.3 Å². The lowest BCUT2D eigenvalue weighted by molar-refractivity contribution is 0.0993. The van der Waals surface area contributed by atoms with E-state index in [1.165, 1.54) is 11.9 Å². The van der Waals surface area contributed by atoms with E-state index >= 15 is 0 Å². The number of anilines is 2. The first-order valence-electron chi connectivity index (χ1n) is 12.1. The summed E-state index contributed by atoms with van der Waals surface area (Å²) in [6, 6.07) is 15.8. The molecule has 4 aromatic rings. The molecule has 1 saturated heterocycles. The molecule has 0 saturated carbocycles. The van der Waals surface area contributed by atoms with Crippen LogP contribution in [0.15, 0.2) is 54.9 Å². The third-order valence-electron chi connectivity index (χ3n) is 6.77.